The van der Waals surface area contributed by atoms with Gasteiger partial charge in [0.05, 0.1) is 12.1 Å². The Morgan fingerprint density at radius 3 is 2.80 bits per heavy atom. The Bertz CT molecular complexity index is 602. The van der Waals surface area contributed by atoms with Gasteiger partial charge >= 0.3 is 0 Å². The molecule has 2 aliphatic rings. The van der Waals surface area contributed by atoms with E-state index in [0.29, 0.717) is 24.0 Å². The number of carbonyl (C=O) groups is 1. The highest BCUT2D eigenvalue weighted by Gasteiger charge is 2.26. The second kappa shape index (κ2) is 8.37. The molecule has 1 aromatic carbocycles. The smallest absolute Gasteiger partial charge is 0.222 e. The van der Waals surface area contributed by atoms with Crippen LogP contribution in [0.4, 0.5) is 4.39 Å². The van der Waals surface area contributed by atoms with Gasteiger partial charge in [-0.15, -0.1) is 0 Å². The molecule has 2 heterocycles. The molecule has 2 aliphatic heterocycles. The fourth-order valence-electron chi connectivity index (χ4n) is 3.97. The lowest BCUT2D eigenvalue weighted by Gasteiger charge is -2.36. The number of likely N-dealkylation sites (tertiary alicyclic amines) is 2. The molecule has 0 saturated carbocycles. The zero-order valence-corrected chi connectivity index (χ0v) is 15.5. The lowest BCUT2D eigenvalue weighted by Crippen LogP contribution is -2.41. The van der Waals surface area contributed by atoms with Crippen LogP contribution < -0.4 is 4.74 Å². The second-order valence-corrected chi connectivity index (χ2v) is 7.39. The first-order valence-corrected chi connectivity index (χ1v) is 9.50. The minimum atomic E-state index is -0.416. The van der Waals surface area contributed by atoms with Crippen LogP contribution in [0.5, 0.6) is 5.75 Å². The van der Waals surface area contributed by atoms with E-state index in [4.69, 9.17) is 16.3 Å². The molecule has 0 unspecified atom stereocenters. The quantitative estimate of drug-likeness (QED) is 0.764. The van der Waals surface area contributed by atoms with Crippen molar-refractivity contribution in [3.63, 3.8) is 0 Å². The number of halogens is 2. The van der Waals surface area contributed by atoms with Crippen molar-refractivity contribution in [1.82, 2.24) is 9.80 Å². The molecule has 0 N–H and O–H groups in total. The monoisotopic (exact) mass is 368 g/mol. The molecule has 0 aromatic heterocycles. The van der Waals surface area contributed by atoms with Crippen molar-refractivity contribution in [1.29, 1.82) is 0 Å². The third-order valence-corrected chi connectivity index (χ3v) is 5.58. The number of carbonyl (C=O) groups excluding carboxylic acids is 1. The minimum Gasteiger partial charge on any atom is -0.492 e. The standard InChI is InChI=1S/C19H26ClFN2O2/c1-25-19-16(20)11-14(12-17(19)21)13-23-8-3-2-5-15(23)7-10-22-9-4-6-18(22)24/h11-12,15H,2-10,13H2,1H3/t15-/m1/s1. The number of nitrogens with zero attached hydrogens (tertiary/aromatic N) is 2. The molecule has 2 saturated heterocycles. The highest BCUT2D eigenvalue weighted by Crippen LogP contribution is 2.30. The van der Waals surface area contributed by atoms with Crippen molar-refractivity contribution in [2.75, 3.05) is 26.7 Å². The van der Waals surface area contributed by atoms with Crippen LogP contribution in [0.2, 0.25) is 5.02 Å². The summed E-state index contributed by atoms with van der Waals surface area (Å²) in [5, 5.41) is 0.314. The molecule has 1 atom stereocenters. The Morgan fingerprint density at radius 1 is 1.28 bits per heavy atom. The molecule has 0 radical (unpaired) electrons. The first-order chi connectivity index (χ1) is 12.1. The summed E-state index contributed by atoms with van der Waals surface area (Å²) in [6.07, 6.45) is 6.17. The van der Waals surface area contributed by atoms with Crippen LogP contribution in [-0.4, -0.2) is 48.5 Å². The maximum atomic E-state index is 14.1. The maximum Gasteiger partial charge on any atom is 0.222 e. The number of hydrogen-bond acceptors (Lipinski definition) is 3. The number of amides is 1. The van der Waals surface area contributed by atoms with Gasteiger partial charge in [0.25, 0.3) is 0 Å². The van der Waals surface area contributed by atoms with Crippen LogP contribution in [0.3, 0.4) is 0 Å². The summed E-state index contributed by atoms with van der Waals surface area (Å²) in [4.78, 5) is 16.2. The van der Waals surface area contributed by atoms with Gasteiger partial charge in [-0.3, -0.25) is 9.69 Å². The molecule has 1 amide bonds. The van der Waals surface area contributed by atoms with Gasteiger partial charge < -0.3 is 9.64 Å². The second-order valence-electron chi connectivity index (χ2n) is 6.99. The van der Waals surface area contributed by atoms with Crippen LogP contribution in [0.1, 0.15) is 44.1 Å². The van der Waals surface area contributed by atoms with Crippen molar-refractivity contribution >= 4 is 17.5 Å². The van der Waals surface area contributed by atoms with Gasteiger partial charge in [0.1, 0.15) is 0 Å². The maximum absolute atomic E-state index is 14.1. The topological polar surface area (TPSA) is 32.8 Å². The number of ether oxygens (including phenoxy) is 1. The highest BCUT2D eigenvalue weighted by atomic mass is 35.5. The zero-order chi connectivity index (χ0) is 17.8. The van der Waals surface area contributed by atoms with E-state index in [2.05, 4.69) is 4.90 Å². The first-order valence-electron chi connectivity index (χ1n) is 9.12. The third-order valence-electron chi connectivity index (χ3n) is 5.30. The lowest BCUT2D eigenvalue weighted by atomic mass is 9.98. The Labute approximate surface area is 153 Å². The van der Waals surface area contributed by atoms with Crippen LogP contribution in [-0.2, 0) is 11.3 Å². The van der Waals surface area contributed by atoms with Gasteiger partial charge in [-0.05, 0) is 49.9 Å². The molecule has 4 nitrogen and oxygen atoms in total. The Balaban J connectivity index is 1.63. The van der Waals surface area contributed by atoms with Crippen LogP contribution in [0, 0.1) is 5.82 Å². The van der Waals surface area contributed by atoms with Crippen molar-refractivity contribution < 1.29 is 13.9 Å². The molecular weight excluding hydrogens is 343 g/mol. The van der Waals surface area contributed by atoms with Crippen molar-refractivity contribution in [2.45, 2.75) is 51.1 Å². The first kappa shape index (κ1) is 18.5. The molecule has 0 spiro atoms. The minimum absolute atomic E-state index is 0.105. The molecule has 3 rings (SSSR count). The summed E-state index contributed by atoms with van der Waals surface area (Å²) >= 11 is 6.12. The van der Waals surface area contributed by atoms with E-state index in [0.717, 1.165) is 50.9 Å². The summed E-state index contributed by atoms with van der Waals surface area (Å²) in [5.74, 6) is -0.0271. The molecular formula is C19H26ClFN2O2. The van der Waals surface area contributed by atoms with Gasteiger partial charge in [-0.1, -0.05) is 18.0 Å². The lowest BCUT2D eigenvalue weighted by molar-refractivity contribution is -0.127. The Hall–Kier alpha value is -1.33. The molecule has 0 bridgehead atoms. The van der Waals surface area contributed by atoms with E-state index < -0.39 is 5.82 Å². The number of methoxy groups -OCH3 is 1. The summed E-state index contributed by atoms with van der Waals surface area (Å²) in [7, 11) is 1.42. The largest absolute Gasteiger partial charge is 0.492 e. The van der Waals surface area contributed by atoms with Gasteiger partial charge in [-0.25, -0.2) is 4.39 Å². The van der Waals surface area contributed by atoms with Crippen molar-refractivity contribution in [3.8, 4) is 5.75 Å². The van der Waals surface area contributed by atoms with Crippen LogP contribution >= 0.6 is 11.6 Å². The number of hydrogen-bond donors (Lipinski definition) is 0. The molecule has 25 heavy (non-hydrogen) atoms. The van der Waals surface area contributed by atoms with Gasteiger partial charge in [0, 0.05) is 32.1 Å². The molecule has 138 valence electrons. The summed E-state index contributed by atoms with van der Waals surface area (Å²) in [6.45, 7) is 3.41. The van der Waals surface area contributed by atoms with E-state index in [-0.39, 0.29) is 11.7 Å². The van der Waals surface area contributed by atoms with Gasteiger partial charge in [0.2, 0.25) is 5.91 Å². The molecule has 1 aromatic rings. The Kier molecular flexibility index (Phi) is 6.18. The van der Waals surface area contributed by atoms with Crippen LogP contribution in [0.25, 0.3) is 0 Å². The van der Waals surface area contributed by atoms with Gasteiger partial charge in [-0.2, -0.15) is 0 Å². The van der Waals surface area contributed by atoms with E-state index in [1.54, 1.807) is 6.07 Å². The molecule has 2 fully saturated rings. The summed E-state index contributed by atoms with van der Waals surface area (Å²) in [5.41, 5.74) is 0.868. The average Bonchev–Trinajstić information content (AvgIpc) is 2.99. The summed E-state index contributed by atoms with van der Waals surface area (Å²) in [6, 6.07) is 3.74. The number of benzene rings is 1. The highest BCUT2D eigenvalue weighted by molar-refractivity contribution is 6.32. The predicted molar refractivity (Wildman–Crippen MR) is 96.4 cm³/mol. The van der Waals surface area contributed by atoms with Crippen LogP contribution in [0.15, 0.2) is 12.1 Å². The Morgan fingerprint density at radius 2 is 2.12 bits per heavy atom. The van der Waals surface area contributed by atoms with E-state index in [1.165, 1.54) is 19.6 Å². The predicted octanol–water partition coefficient (Wildman–Crippen LogP) is 3.85. The fourth-order valence-corrected chi connectivity index (χ4v) is 4.28. The van der Waals surface area contributed by atoms with E-state index in [9.17, 15) is 9.18 Å². The fraction of sp³-hybridized carbons (Fsp3) is 0.632. The number of rotatable bonds is 6. The SMILES string of the molecule is COc1c(F)cc(CN2CCCC[C@@H]2CCN2CCCC2=O)cc1Cl. The zero-order valence-electron chi connectivity index (χ0n) is 14.8. The number of piperidine rings is 1. The molecule has 6 heteroatoms. The van der Waals surface area contributed by atoms with E-state index >= 15 is 0 Å². The third kappa shape index (κ3) is 4.45. The molecule has 0 aliphatic carbocycles. The van der Waals surface area contributed by atoms with Crippen molar-refractivity contribution in [2.24, 2.45) is 0 Å². The van der Waals surface area contributed by atoms with Crippen molar-refractivity contribution in [3.05, 3.63) is 28.5 Å². The summed E-state index contributed by atoms with van der Waals surface area (Å²) < 4.78 is 19.1. The average molecular weight is 369 g/mol. The van der Waals surface area contributed by atoms with E-state index in [1.807, 2.05) is 4.90 Å². The normalized spacial score (nSPS) is 21.8. The van der Waals surface area contributed by atoms with Gasteiger partial charge in [0.15, 0.2) is 11.6 Å².